The Labute approximate surface area is 193 Å². The number of nitrogens with one attached hydrogen (secondary N) is 2. The maximum atomic E-state index is 13.3. The Bertz CT molecular complexity index is 1100. The van der Waals surface area contributed by atoms with E-state index < -0.39 is 5.92 Å². The molecule has 0 bridgehead atoms. The minimum absolute atomic E-state index is 0.0917. The third-order valence-electron chi connectivity index (χ3n) is 5.96. The molecule has 1 aromatic carbocycles. The van der Waals surface area contributed by atoms with Crippen molar-refractivity contribution >= 4 is 23.4 Å². The fourth-order valence-electron chi connectivity index (χ4n) is 4.53. The quantitative estimate of drug-likeness (QED) is 0.338. The standard InChI is InChI=1S/C25H31N3O3S/c1-5-7-12-32-24-27-22-21(23(30)28-24)19(15-8-10-16(11-9-15)31-6-2)20-17(26-22)13-25(3,4)14-18(20)29/h8-11,19H,5-7,12-14H2,1-4H3,(H2,26,27,28,30). The molecule has 2 aromatic rings. The lowest BCUT2D eigenvalue weighted by molar-refractivity contribution is -0.118. The van der Waals surface area contributed by atoms with Crippen molar-refractivity contribution in [2.75, 3.05) is 17.7 Å². The summed E-state index contributed by atoms with van der Waals surface area (Å²) in [6.07, 6.45) is 3.36. The average Bonchev–Trinajstić information content (AvgIpc) is 2.72. The SMILES string of the molecule is CCCCSc1nc2c(c(=O)[nH]1)C(c1ccc(OCC)cc1)C1=C(CC(C)(C)CC1=O)N2. The zero-order valence-corrected chi connectivity index (χ0v) is 20.0. The molecule has 2 aliphatic rings. The molecule has 0 radical (unpaired) electrons. The molecule has 170 valence electrons. The van der Waals surface area contributed by atoms with E-state index in [9.17, 15) is 9.59 Å². The van der Waals surface area contributed by atoms with Gasteiger partial charge in [-0.3, -0.25) is 9.59 Å². The highest BCUT2D eigenvalue weighted by atomic mass is 32.2. The van der Waals surface area contributed by atoms with Crippen LogP contribution in [0.4, 0.5) is 5.82 Å². The van der Waals surface area contributed by atoms with E-state index in [0.29, 0.717) is 35.1 Å². The number of ketones is 1. The Morgan fingerprint density at radius 3 is 2.59 bits per heavy atom. The second kappa shape index (κ2) is 9.14. The number of hydrogen-bond acceptors (Lipinski definition) is 6. The third-order valence-corrected chi connectivity index (χ3v) is 6.92. The molecular formula is C25H31N3O3S. The van der Waals surface area contributed by atoms with E-state index >= 15 is 0 Å². The van der Waals surface area contributed by atoms with Gasteiger partial charge >= 0.3 is 0 Å². The highest BCUT2D eigenvalue weighted by Crippen LogP contribution is 2.47. The number of thioether (sulfide) groups is 1. The van der Waals surface area contributed by atoms with Crippen LogP contribution in [0.5, 0.6) is 5.75 Å². The first-order chi connectivity index (χ1) is 15.3. The zero-order valence-electron chi connectivity index (χ0n) is 19.2. The van der Waals surface area contributed by atoms with Crippen molar-refractivity contribution in [2.45, 2.75) is 64.5 Å². The van der Waals surface area contributed by atoms with Crippen molar-refractivity contribution in [2.24, 2.45) is 5.41 Å². The number of aromatic amines is 1. The van der Waals surface area contributed by atoms with E-state index in [1.807, 2.05) is 31.2 Å². The normalized spacial score (nSPS) is 19.2. The van der Waals surface area contributed by atoms with Gasteiger partial charge in [0.25, 0.3) is 5.56 Å². The van der Waals surface area contributed by atoms with Gasteiger partial charge in [-0.1, -0.05) is 51.1 Å². The van der Waals surface area contributed by atoms with Crippen molar-refractivity contribution in [3.63, 3.8) is 0 Å². The van der Waals surface area contributed by atoms with E-state index in [2.05, 4.69) is 31.1 Å². The van der Waals surface area contributed by atoms with E-state index in [4.69, 9.17) is 9.72 Å². The monoisotopic (exact) mass is 453 g/mol. The molecule has 1 aliphatic carbocycles. The molecule has 0 fully saturated rings. The van der Waals surface area contributed by atoms with Crippen LogP contribution >= 0.6 is 11.8 Å². The van der Waals surface area contributed by atoms with Crippen molar-refractivity contribution in [3.8, 4) is 5.75 Å². The van der Waals surface area contributed by atoms with Gasteiger partial charge in [0.1, 0.15) is 11.6 Å². The van der Waals surface area contributed by atoms with Crippen LogP contribution in [-0.4, -0.2) is 28.1 Å². The smallest absolute Gasteiger partial charge is 0.257 e. The van der Waals surface area contributed by atoms with Crippen LogP contribution in [0.1, 0.15) is 70.4 Å². The molecule has 1 atom stereocenters. The highest BCUT2D eigenvalue weighted by molar-refractivity contribution is 7.99. The number of allylic oxidation sites excluding steroid dienone is 2. The van der Waals surface area contributed by atoms with Crippen LogP contribution in [0.25, 0.3) is 0 Å². The Kier molecular flexibility index (Phi) is 6.47. The lowest BCUT2D eigenvalue weighted by Crippen LogP contribution is -2.37. The Morgan fingerprint density at radius 2 is 1.91 bits per heavy atom. The summed E-state index contributed by atoms with van der Waals surface area (Å²) < 4.78 is 5.58. The van der Waals surface area contributed by atoms with Gasteiger partial charge in [0.15, 0.2) is 10.9 Å². The summed E-state index contributed by atoms with van der Waals surface area (Å²) in [5.41, 5.74) is 2.67. The first-order valence-electron chi connectivity index (χ1n) is 11.4. The molecule has 0 spiro atoms. The highest BCUT2D eigenvalue weighted by Gasteiger charge is 2.42. The maximum Gasteiger partial charge on any atom is 0.257 e. The minimum Gasteiger partial charge on any atom is -0.494 e. The molecule has 2 heterocycles. The van der Waals surface area contributed by atoms with E-state index in [1.165, 1.54) is 0 Å². The summed E-state index contributed by atoms with van der Waals surface area (Å²) in [6.45, 7) is 8.88. The van der Waals surface area contributed by atoms with Crippen LogP contribution in [0.2, 0.25) is 0 Å². The minimum atomic E-state index is -0.438. The molecule has 1 aliphatic heterocycles. The molecule has 2 N–H and O–H groups in total. The van der Waals surface area contributed by atoms with E-state index in [1.54, 1.807) is 11.8 Å². The number of rotatable bonds is 7. The van der Waals surface area contributed by atoms with Crippen molar-refractivity contribution in [3.05, 3.63) is 57.0 Å². The lowest BCUT2D eigenvalue weighted by atomic mass is 9.69. The third kappa shape index (κ3) is 4.49. The molecule has 32 heavy (non-hydrogen) atoms. The van der Waals surface area contributed by atoms with Crippen LogP contribution in [0, 0.1) is 5.41 Å². The molecule has 4 rings (SSSR count). The average molecular weight is 454 g/mol. The van der Waals surface area contributed by atoms with E-state index in [0.717, 1.165) is 42.0 Å². The van der Waals surface area contributed by atoms with E-state index in [-0.39, 0.29) is 16.8 Å². The predicted octanol–water partition coefficient (Wildman–Crippen LogP) is 5.26. The number of carbonyl (C=O) groups excluding carboxylic acids is 1. The summed E-state index contributed by atoms with van der Waals surface area (Å²) in [5, 5.41) is 3.99. The molecule has 0 saturated heterocycles. The second-order valence-corrected chi connectivity index (χ2v) is 10.3. The summed E-state index contributed by atoms with van der Waals surface area (Å²) in [4.78, 5) is 34.3. The number of Topliss-reactive ketones (excluding diaryl/α,β-unsaturated/α-hetero) is 1. The van der Waals surface area contributed by atoms with Crippen LogP contribution in [0.15, 0.2) is 45.5 Å². The topological polar surface area (TPSA) is 84.1 Å². The Morgan fingerprint density at radius 1 is 1.16 bits per heavy atom. The Balaban J connectivity index is 1.83. The van der Waals surface area contributed by atoms with Gasteiger partial charge in [0, 0.05) is 29.4 Å². The fraction of sp³-hybridized carbons (Fsp3) is 0.480. The number of fused-ring (bicyclic) bond motifs is 1. The van der Waals surface area contributed by atoms with Gasteiger partial charge < -0.3 is 15.0 Å². The number of unbranched alkanes of at least 4 members (excludes halogenated alkanes) is 1. The molecule has 7 heteroatoms. The number of aromatic nitrogens is 2. The van der Waals surface area contributed by atoms with Gasteiger partial charge in [-0.2, -0.15) is 0 Å². The lowest BCUT2D eigenvalue weighted by Gasteiger charge is -2.38. The Hall–Kier alpha value is -2.54. The number of carbonyl (C=O) groups is 1. The predicted molar refractivity (Wildman–Crippen MR) is 129 cm³/mol. The van der Waals surface area contributed by atoms with Crippen molar-refractivity contribution < 1.29 is 9.53 Å². The number of benzene rings is 1. The first kappa shape index (κ1) is 22.6. The van der Waals surface area contributed by atoms with Crippen molar-refractivity contribution in [1.82, 2.24) is 9.97 Å². The first-order valence-corrected chi connectivity index (χ1v) is 12.3. The number of nitrogens with zero attached hydrogens (tertiary/aromatic N) is 1. The van der Waals surface area contributed by atoms with Crippen molar-refractivity contribution in [1.29, 1.82) is 0 Å². The largest absolute Gasteiger partial charge is 0.494 e. The molecule has 1 unspecified atom stereocenters. The van der Waals surface area contributed by atoms with Crippen LogP contribution < -0.4 is 15.6 Å². The summed E-state index contributed by atoms with van der Waals surface area (Å²) in [6, 6.07) is 7.70. The molecule has 1 aromatic heterocycles. The van der Waals surface area contributed by atoms with Gasteiger partial charge in [-0.25, -0.2) is 4.98 Å². The zero-order chi connectivity index (χ0) is 22.9. The van der Waals surface area contributed by atoms with Gasteiger partial charge in [-0.05, 0) is 42.9 Å². The van der Waals surface area contributed by atoms with Gasteiger partial charge in [-0.15, -0.1) is 0 Å². The summed E-state index contributed by atoms with van der Waals surface area (Å²) >= 11 is 1.56. The van der Waals surface area contributed by atoms with Crippen LogP contribution in [-0.2, 0) is 4.79 Å². The molecule has 0 saturated carbocycles. The molecule has 0 amide bonds. The second-order valence-electron chi connectivity index (χ2n) is 9.23. The number of anilines is 1. The fourth-order valence-corrected chi connectivity index (χ4v) is 5.48. The molecular weight excluding hydrogens is 422 g/mol. The van der Waals surface area contributed by atoms with Gasteiger partial charge in [0.05, 0.1) is 12.2 Å². The summed E-state index contributed by atoms with van der Waals surface area (Å²) in [5.74, 6) is 1.89. The summed E-state index contributed by atoms with van der Waals surface area (Å²) in [7, 11) is 0. The number of ether oxygens (including phenoxy) is 1. The molecule has 6 nitrogen and oxygen atoms in total. The maximum absolute atomic E-state index is 13.3. The van der Waals surface area contributed by atoms with Crippen LogP contribution in [0.3, 0.4) is 0 Å². The number of hydrogen-bond donors (Lipinski definition) is 2. The van der Waals surface area contributed by atoms with Gasteiger partial charge in [0.2, 0.25) is 0 Å². The number of H-pyrrole nitrogens is 1.